The lowest BCUT2D eigenvalue weighted by Gasteiger charge is -2.12. The highest BCUT2D eigenvalue weighted by atomic mass is 32.1. The molecule has 0 amide bonds. The Bertz CT molecular complexity index is 1070. The first-order valence-electron chi connectivity index (χ1n) is 7.99. The maximum absolute atomic E-state index is 10.5. The maximum atomic E-state index is 10.5. The molecule has 2 heterocycles. The van der Waals surface area contributed by atoms with E-state index in [2.05, 4.69) is 34.1 Å². The van der Waals surface area contributed by atoms with Gasteiger partial charge in [0, 0.05) is 30.7 Å². The van der Waals surface area contributed by atoms with Crippen LogP contribution in [0.2, 0.25) is 0 Å². The lowest BCUT2D eigenvalue weighted by Crippen LogP contribution is -2.07. The molecule has 26 heavy (non-hydrogen) atoms. The average Bonchev–Trinajstić information content (AvgIpc) is 3.27. The summed E-state index contributed by atoms with van der Waals surface area (Å²) < 4.78 is 6.60. The highest BCUT2D eigenvalue weighted by Gasteiger charge is 2.15. The zero-order valence-electron chi connectivity index (χ0n) is 14.3. The van der Waals surface area contributed by atoms with Crippen LogP contribution in [0.4, 0.5) is 5.69 Å². The van der Waals surface area contributed by atoms with E-state index < -0.39 is 0 Å². The van der Waals surface area contributed by atoms with Crippen molar-refractivity contribution >= 4 is 34.4 Å². The largest absolute Gasteiger partial charge is 0.409 e. The molecule has 2 aromatic carbocycles. The van der Waals surface area contributed by atoms with Gasteiger partial charge in [0.05, 0.1) is 10.9 Å². The quantitative estimate of drug-likeness (QED) is 0.505. The number of carbonyl (C=O) groups is 1. The monoisotopic (exact) mass is 364 g/mol. The summed E-state index contributed by atoms with van der Waals surface area (Å²) in [6.07, 6.45) is 0. The molecule has 0 aliphatic carbocycles. The Balaban J connectivity index is 1.84. The third-order valence-electron chi connectivity index (χ3n) is 4.07. The predicted molar refractivity (Wildman–Crippen MR) is 103 cm³/mol. The third kappa shape index (κ3) is 2.82. The van der Waals surface area contributed by atoms with E-state index in [0.29, 0.717) is 11.6 Å². The molecule has 0 aliphatic rings. The summed E-state index contributed by atoms with van der Waals surface area (Å²) in [4.78, 5) is 16.9. The van der Waals surface area contributed by atoms with Gasteiger partial charge in [0.2, 0.25) is 11.0 Å². The molecule has 0 saturated heterocycles. The fourth-order valence-corrected chi connectivity index (χ4v) is 3.49. The number of hydrogen-bond acceptors (Lipinski definition) is 6. The molecule has 0 spiro atoms. The van der Waals surface area contributed by atoms with Crippen molar-refractivity contribution in [3.05, 3.63) is 53.9 Å². The smallest absolute Gasteiger partial charge is 0.299 e. The minimum absolute atomic E-state index is 0.275. The number of thiazole rings is 1. The Morgan fingerprint density at radius 1 is 1.12 bits per heavy atom. The van der Waals surface area contributed by atoms with Crippen molar-refractivity contribution in [3.63, 3.8) is 0 Å². The molecule has 130 valence electrons. The van der Waals surface area contributed by atoms with E-state index >= 15 is 0 Å². The summed E-state index contributed by atoms with van der Waals surface area (Å²) >= 11 is 1.37. The summed E-state index contributed by atoms with van der Waals surface area (Å²) in [5, 5.41) is 8.16. The van der Waals surface area contributed by atoms with E-state index in [4.69, 9.17) is 9.84 Å². The standard InChI is InChI=1S/C19H16N4O2S/c1-22(2)14-9-7-13(8-10-14)18-15-5-3-4-6-16(15)23(21-18)19-20-17(11-26-19)25-12-24/h3-12H,1-2H3. The lowest BCUT2D eigenvalue weighted by molar-refractivity contribution is -0.120. The molecule has 0 unspecified atom stereocenters. The molecule has 0 atom stereocenters. The van der Waals surface area contributed by atoms with Gasteiger partial charge in [0.1, 0.15) is 5.69 Å². The summed E-state index contributed by atoms with van der Waals surface area (Å²) in [5.74, 6) is 0.275. The molecule has 4 aromatic rings. The van der Waals surface area contributed by atoms with Crippen LogP contribution in [0.1, 0.15) is 0 Å². The van der Waals surface area contributed by atoms with E-state index in [1.54, 1.807) is 10.1 Å². The number of fused-ring (bicyclic) bond motifs is 1. The second kappa shape index (κ2) is 6.61. The van der Waals surface area contributed by atoms with Gasteiger partial charge in [0.15, 0.2) is 0 Å². The highest BCUT2D eigenvalue weighted by molar-refractivity contribution is 7.12. The SMILES string of the molecule is CN(C)c1ccc(-c2nn(-c3nc(OC=O)cs3)c3ccccc23)cc1. The zero-order valence-corrected chi connectivity index (χ0v) is 15.1. The van der Waals surface area contributed by atoms with Gasteiger partial charge in [-0.05, 0) is 18.2 Å². The number of para-hydroxylation sites is 1. The van der Waals surface area contributed by atoms with Crippen molar-refractivity contribution < 1.29 is 9.53 Å². The number of nitrogens with zero attached hydrogens (tertiary/aromatic N) is 4. The first-order chi connectivity index (χ1) is 12.7. The topological polar surface area (TPSA) is 60.3 Å². The Morgan fingerprint density at radius 2 is 1.88 bits per heavy atom. The Kier molecular flexibility index (Phi) is 4.14. The molecule has 0 radical (unpaired) electrons. The van der Waals surface area contributed by atoms with Crippen molar-refractivity contribution in [3.8, 4) is 22.3 Å². The minimum atomic E-state index is 0.275. The van der Waals surface area contributed by atoms with Crippen LogP contribution in [0.15, 0.2) is 53.9 Å². The van der Waals surface area contributed by atoms with Crippen LogP contribution in [-0.2, 0) is 4.79 Å². The number of hydrogen-bond donors (Lipinski definition) is 0. The van der Waals surface area contributed by atoms with Crippen LogP contribution in [0.25, 0.3) is 27.3 Å². The second-order valence-electron chi connectivity index (χ2n) is 5.90. The van der Waals surface area contributed by atoms with Crippen molar-refractivity contribution in [1.29, 1.82) is 0 Å². The fraction of sp³-hybridized carbons (Fsp3) is 0.105. The van der Waals surface area contributed by atoms with Crippen LogP contribution >= 0.6 is 11.3 Å². The van der Waals surface area contributed by atoms with E-state index in [1.807, 2.05) is 38.4 Å². The zero-order chi connectivity index (χ0) is 18.1. The summed E-state index contributed by atoms with van der Waals surface area (Å²) in [6.45, 7) is 0.373. The first-order valence-corrected chi connectivity index (χ1v) is 8.87. The molecule has 0 N–H and O–H groups in total. The predicted octanol–water partition coefficient (Wildman–Crippen LogP) is 3.75. The molecule has 7 heteroatoms. The second-order valence-corrected chi connectivity index (χ2v) is 6.74. The molecule has 0 bridgehead atoms. The normalized spacial score (nSPS) is 10.8. The van der Waals surface area contributed by atoms with Crippen LogP contribution in [0.3, 0.4) is 0 Å². The number of ether oxygens (including phenoxy) is 1. The number of anilines is 1. The average molecular weight is 364 g/mol. The minimum Gasteiger partial charge on any atom is -0.409 e. The molecule has 2 aromatic heterocycles. The van der Waals surface area contributed by atoms with Crippen LogP contribution in [0, 0.1) is 0 Å². The molecule has 0 saturated carbocycles. The number of rotatable bonds is 5. The summed E-state index contributed by atoms with van der Waals surface area (Å²) in [6, 6.07) is 16.3. The molecule has 0 aliphatic heterocycles. The van der Waals surface area contributed by atoms with Crippen molar-refractivity contribution in [1.82, 2.24) is 14.8 Å². The van der Waals surface area contributed by atoms with Crippen molar-refractivity contribution in [2.75, 3.05) is 19.0 Å². The van der Waals surface area contributed by atoms with Gasteiger partial charge in [-0.1, -0.05) is 41.7 Å². The molecule has 0 fully saturated rings. The van der Waals surface area contributed by atoms with E-state index in [9.17, 15) is 4.79 Å². The van der Waals surface area contributed by atoms with Gasteiger partial charge in [-0.2, -0.15) is 10.1 Å². The van der Waals surface area contributed by atoms with E-state index in [0.717, 1.165) is 27.8 Å². The molecule has 6 nitrogen and oxygen atoms in total. The lowest BCUT2D eigenvalue weighted by atomic mass is 10.1. The number of aromatic nitrogens is 3. The highest BCUT2D eigenvalue weighted by Crippen LogP contribution is 2.32. The number of benzene rings is 2. The Labute approximate surface area is 154 Å². The summed E-state index contributed by atoms with van der Waals surface area (Å²) in [5.41, 5.74) is 4.00. The number of carbonyl (C=O) groups excluding carboxylic acids is 1. The van der Waals surface area contributed by atoms with E-state index in [1.165, 1.54) is 11.3 Å². The van der Waals surface area contributed by atoms with Gasteiger partial charge in [-0.25, -0.2) is 4.68 Å². The van der Waals surface area contributed by atoms with Crippen LogP contribution in [-0.4, -0.2) is 35.3 Å². The van der Waals surface area contributed by atoms with Gasteiger partial charge in [-0.3, -0.25) is 4.79 Å². The fourth-order valence-electron chi connectivity index (χ4n) is 2.79. The van der Waals surface area contributed by atoms with Gasteiger partial charge < -0.3 is 9.64 Å². The summed E-state index contributed by atoms with van der Waals surface area (Å²) in [7, 11) is 4.03. The Morgan fingerprint density at radius 3 is 2.62 bits per heavy atom. The van der Waals surface area contributed by atoms with Crippen molar-refractivity contribution in [2.45, 2.75) is 0 Å². The Hall–Kier alpha value is -3.19. The van der Waals surface area contributed by atoms with Crippen molar-refractivity contribution in [2.24, 2.45) is 0 Å². The van der Waals surface area contributed by atoms with Gasteiger partial charge in [-0.15, -0.1) is 0 Å². The molecular formula is C19H16N4O2S. The first kappa shape index (κ1) is 16.3. The molecular weight excluding hydrogens is 348 g/mol. The van der Waals surface area contributed by atoms with E-state index in [-0.39, 0.29) is 5.88 Å². The maximum Gasteiger partial charge on any atom is 0.299 e. The van der Waals surface area contributed by atoms with Gasteiger partial charge >= 0.3 is 0 Å². The van der Waals surface area contributed by atoms with Gasteiger partial charge in [0.25, 0.3) is 6.47 Å². The third-order valence-corrected chi connectivity index (χ3v) is 4.86. The molecule has 4 rings (SSSR count). The van der Waals surface area contributed by atoms with Crippen LogP contribution < -0.4 is 9.64 Å². The van der Waals surface area contributed by atoms with Crippen LogP contribution in [0.5, 0.6) is 5.88 Å².